The van der Waals surface area contributed by atoms with E-state index < -0.39 is 0 Å². The SMILES string of the molecule is COc1ccc(C(CN)N2CCCCC2C)cc1Cl. The largest absolute Gasteiger partial charge is 0.495 e. The molecule has 106 valence electrons. The molecule has 4 heteroatoms. The minimum Gasteiger partial charge on any atom is -0.495 e. The molecule has 3 nitrogen and oxygen atoms in total. The van der Waals surface area contributed by atoms with E-state index in [0.717, 1.165) is 6.54 Å². The van der Waals surface area contributed by atoms with E-state index in [-0.39, 0.29) is 6.04 Å². The van der Waals surface area contributed by atoms with Crippen molar-refractivity contribution in [1.82, 2.24) is 4.90 Å². The highest BCUT2D eigenvalue weighted by molar-refractivity contribution is 6.32. The lowest BCUT2D eigenvalue weighted by molar-refractivity contribution is 0.109. The number of hydrogen-bond acceptors (Lipinski definition) is 3. The van der Waals surface area contributed by atoms with Crippen LogP contribution >= 0.6 is 11.6 Å². The van der Waals surface area contributed by atoms with Gasteiger partial charge < -0.3 is 10.5 Å². The summed E-state index contributed by atoms with van der Waals surface area (Å²) in [6, 6.07) is 6.82. The van der Waals surface area contributed by atoms with Crippen LogP contribution in [0.5, 0.6) is 5.75 Å². The summed E-state index contributed by atoms with van der Waals surface area (Å²) in [5, 5.41) is 0.656. The molecule has 1 saturated heterocycles. The summed E-state index contributed by atoms with van der Waals surface area (Å²) < 4.78 is 5.20. The van der Waals surface area contributed by atoms with E-state index in [1.807, 2.05) is 12.1 Å². The number of piperidine rings is 1. The van der Waals surface area contributed by atoms with Gasteiger partial charge in [0.1, 0.15) is 5.75 Å². The minimum atomic E-state index is 0.249. The van der Waals surface area contributed by atoms with Crippen molar-refractivity contribution in [2.45, 2.75) is 38.3 Å². The van der Waals surface area contributed by atoms with Gasteiger partial charge in [-0.15, -0.1) is 0 Å². The highest BCUT2D eigenvalue weighted by Gasteiger charge is 2.26. The molecule has 0 aliphatic carbocycles. The Labute approximate surface area is 120 Å². The fourth-order valence-electron chi connectivity index (χ4n) is 2.94. The Morgan fingerprint density at radius 2 is 2.26 bits per heavy atom. The Kier molecular flexibility index (Phi) is 5.08. The molecule has 2 N–H and O–H groups in total. The average Bonchev–Trinajstić information content (AvgIpc) is 2.42. The molecule has 2 atom stereocenters. The summed E-state index contributed by atoms with van der Waals surface area (Å²) in [4.78, 5) is 2.50. The van der Waals surface area contributed by atoms with Crippen LogP contribution in [0.4, 0.5) is 0 Å². The fourth-order valence-corrected chi connectivity index (χ4v) is 3.20. The van der Waals surface area contributed by atoms with E-state index in [2.05, 4.69) is 17.9 Å². The zero-order chi connectivity index (χ0) is 13.8. The topological polar surface area (TPSA) is 38.5 Å². The summed E-state index contributed by atoms with van der Waals surface area (Å²) in [7, 11) is 1.63. The van der Waals surface area contributed by atoms with E-state index >= 15 is 0 Å². The fraction of sp³-hybridized carbons (Fsp3) is 0.600. The number of nitrogens with two attached hydrogens (primary N) is 1. The molecule has 2 rings (SSSR count). The van der Waals surface area contributed by atoms with E-state index in [4.69, 9.17) is 22.1 Å². The van der Waals surface area contributed by atoms with Crippen LogP contribution in [0.15, 0.2) is 18.2 Å². The van der Waals surface area contributed by atoms with Crippen LogP contribution in [0.25, 0.3) is 0 Å². The van der Waals surface area contributed by atoms with Crippen molar-refractivity contribution >= 4 is 11.6 Å². The highest BCUT2D eigenvalue weighted by atomic mass is 35.5. The number of halogens is 1. The first-order chi connectivity index (χ1) is 9.17. The molecule has 0 spiro atoms. The smallest absolute Gasteiger partial charge is 0.137 e. The molecule has 1 aromatic carbocycles. The van der Waals surface area contributed by atoms with Gasteiger partial charge in [0.2, 0.25) is 0 Å². The van der Waals surface area contributed by atoms with E-state index in [1.165, 1.54) is 24.8 Å². The Morgan fingerprint density at radius 1 is 1.47 bits per heavy atom. The van der Waals surface area contributed by atoms with E-state index in [9.17, 15) is 0 Å². The van der Waals surface area contributed by atoms with Gasteiger partial charge in [0, 0.05) is 18.6 Å². The zero-order valence-electron chi connectivity index (χ0n) is 11.7. The van der Waals surface area contributed by atoms with E-state index in [0.29, 0.717) is 23.4 Å². The molecule has 1 aromatic rings. The first-order valence-corrected chi connectivity index (χ1v) is 7.34. The zero-order valence-corrected chi connectivity index (χ0v) is 12.5. The van der Waals surface area contributed by atoms with Crippen molar-refractivity contribution in [3.63, 3.8) is 0 Å². The van der Waals surface area contributed by atoms with Crippen LogP contribution in [0.2, 0.25) is 5.02 Å². The summed E-state index contributed by atoms with van der Waals surface area (Å²) in [6.07, 6.45) is 3.82. The number of rotatable bonds is 4. The van der Waals surface area contributed by atoms with Gasteiger partial charge in [-0.3, -0.25) is 4.90 Å². The third kappa shape index (κ3) is 3.22. The van der Waals surface area contributed by atoms with Gasteiger partial charge in [-0.05, 0) is 44.0 Å². The number of ether oxygens (including phenoxy) is 1. The summed E-state index contributed by atoms with van der Waals surface area (Å²) in [6.45, 7) is 4.02. The normalized spacial score (nSPS) is 22.2. The first kappa shape index (κ1) is 14.6. The molecule has 1 fully saturated rings. The lowest BCUT2D eigenvalue weighted by Crippen LogP contribution is -2.43. The summed E-state index contributed by atoms with van der Waals surface area (Å²) in [5.74, 6) is 0.716. The monoisotopic (exact) mass is 282 g/mol. The van der Waals surface area contributed by atoms with Gasteiger partial charge in [0.15, 0.2) is 0 Å². The maximum Gasteiger partial charge on any atom is 0.137 e. The second kappa shape index (κ2) is 6.60. The second-order valence-electron chi connectivity index (χ2n) is 5.23. The highest BCUT2D eigenvalue weighted by Crippen LogP contribution is 2.32. The van der Waals surface area contributed by atoms with Gasteiger partial charge in [0.25, 0.3) is 0 Å². The van der Waals surface area contributed by atoms with Gasteiger partial charge in [-0.1, -0.05) is 24.1 Å². The van der Waals surface area contributed by atoms with Gasteiger partial charge in [-0.25, -0.2) is 0 Å². The molecule has 0 bridgehead atoms. The van der Waals surface area contributed by atoms with Crippen LogP contribution in [0.1, 0.15) is 37.8 Å². The summed E-state index contributed by atoms with van der Waals surface area (Å²) >= 11 is 6.22. The quantitative estimate of drug-likeness (QED) is 0.921. The summed E-state index contributed by atoms with van der Waals surface area (Å²) in [5.41, 5.74) is 7.18. The third-order valence-corrected chi connectivity index (χ3v) is 4.33. The average molecular weight is 283 g/mol. The number of likely N-dealkylation sites (tertiary alicyclic amines) is 1. The number of nitrogens with zero attached hydrogens (tertiary/aromatic N) is 1. The molecule has 0 radical (unpaired) electrons. The number of benzene rings is 1. The molecule has 2 unspecified atom stereocenters. The van der Waals surface area contributed by atoms with Crippen molar-refractivity contribution in [1.29, 1.82) is 0 Å². The van der Waals surface area contributed by atoms with Crippen molar-refractivity contribution in [2.75, 3.05) is 20.2 Å². The lowest BCUT2D eigenvalue weighted by atomic mass is 9.97. The van der Waals surface area contributed by atoms with Gasteiger partial charge in [0.05, 0.1) is 12.1 Å². The Bertz CT molecular complexity index is 425. The predicted octanol–water partition coefficient (Wildman–Crippen LogP) is 3.22. The van der Waals surface area contributed by atoms with Crippen molar-refractivity contribution in [2.24, 2.45) is 5.73 Å². The van der Waals surface area contributed by atoms with Gasteiger partial charge >= 0.3 is 0 Å². The standard InChI is InChI=1S/C15H23ClN2O/c1-11-5-3-4-8-18(11)14(10-17)12-6-7-15(19-2)13(16)9-12/h6-7,9,11,14H,3-5,8,10,17H2,1-2H3. The van der Waals surface area contributed by atoms with Crippen LogP contribution in [0.3, 0.4) is 0 Å². The van der Waals surface area contributed by atoms with Crippen molar-refractivity contribution in [3.8, 4) is 5.75 Å². The van der Waals surface area contributed by atoms with Crippen molar-refractivity contribution < 1.29 is 4.74 Å². The van der Waals surface area contributed by atoms with Crippen LogP contribution < -0.4 is 10.5 Å². The van der Waals surface area contributed by atoms with Crippen LogP contribution in [0, 0.1) is 0 Å². The third-order valence-electron chi connectivity index (χ3n) is 4.04. The molecule has 19 heavy (non-hydrogen) atoms. The Balaban J connectivity index is 2.23. The number of hydrogen-bond donors (Lipinski definition) is 1. The van der Waals surface area contributed by atoms with Crippen molar-refractivity contribution in [3.05, 3.63) is 28.8 Å². The molecular formula is C15H23ClN2O. The molecule has 0 saturated carbocycles. The predicted molar refractivity (Wildman–Crippen MR) is 79.8 cm³/mol. The lowest BCUT2D eigenvalue weighted by Gasteiger charge is -2.39. The first-order valence-electron chi connectivity index (χ1n) is 6.96. The number of methoxy groups -OCH3 is 1. The van der Waals surface area contributed by atoms with Gasteiger partial charge in [-0.2, -0.15) is 0 Å². The van der Waals surface area contributed by atoms with Crippen LogP contribution in [-0.4, -0.2) is 31.1 Å². The second-order valence-corrected chi connectivity index (χ2v) is 5.64. The molecule has 1 aliphatic heterocycles. The molecule has 0 amide bonds. The Hall–Kier alpha value is -0.770. The minimum absolute atomic E-state index is 0.249. The Morgan fingerprint density at radius 3 is 2.84 bits per heavy atom. The maximum absolute atomic E-state index is 6.22. The van der Waals surface area contributed by atoms with E-state index in [1.54, 1.807) is 7.11 Å². The molecule has 1 heterocycles. The molecule has 1 aliphatic rings. The molecule has 0 aromatic heterocycles. The maximum atomic E-state index is 6.22. The van der Waals surface area contributed by atoms with Crippen LogP contribution in [-0.2, 0) is 0 Å². The molecular weight excluding hydrogens is 260 g/mol.